The van der Waals surface area contributed by atoms with Crippen molar-refractivity contribution in [3.63, 3.8) is 0 Å². The number of nitrogens with one attached hydrogen (secondary N) is 1. The van der Waals surface area contributed by atoms with Crippen molar-refractivity contribution in [1.29, 1.82) is 0 Å². The molecule has 1 fully saturated rings. The summed E-state index contributed by atoms with van der Waals surface area (Å²) in [7, 11) is 0. The summed E-state index contributed by atoms with van der Waals surface area (Å²) in [5.74, 6) is 0.342. The molecule has 0 saturated carbocycles. The lowest BCUT2D eigenvalue weighted by Gasteiger charge is -2.37. The average Bonchev–Trinajstić information content (AvgIpc) is 3.12. The molecule has 2 aromatic rings. The molecule has 1 aromatic heterocycles. The number of anilines is 1. The quantitative estimate of drug-likeness (QED) is 0.909. The first-order valence-electron chi connectivity index (χ1n) is 8.68. The van der Waals surface area contributed by atoms with Crippen LogP contribution in [0.1, 0.15) is 22.5 Å². The molecule has 2 aliphatic heterocycles. The molecule has 130 valence electrons. The zero-order chi connectivity index (χ0) is 17.2. The molecule has 1 aromatic carbocycles. The van der Waals surface area contributed by atoms with Gasteiger partial charge in [-0.15, -0.1) is 0 Å². The molecule has 1 atom stereocenters. The van der Waals surface area contributed by atoms with E-state index in [2.05, 4.69) is 16.3 Å². The number of furan rings is 1. The minimum absolute atomic E-state index is 0.0516. The van der Waals surface area contributed by atoms with Gasteiger partial charge in [0.25, 0.3) is 5.91 Å². The monoisotopic (exact) mass is 339 g/mol. The molecule has 0 unspecified atom stereocenters. The van der Waals surface area contributed by atoms with Crippen molar-refractivity contribution in [2.24, 2.45) is 0 Å². The number of carbonyl (C=O) groups is 2. The first-order valence-corrected chi connectivity index (χ1v) is 8.68. The Kier molecular flexibility index (Phi) is 4.28. The fourth-order valence-corrected chi connectivity index (χ4v) is 3.64. The van der Waals surface area contributed by atoms with Gasteiger partial charge in [-0.05, 0) is 36.6 Å². The third-order valence-electron chi connectivity index (χ3n) is 5.04. The van der Waals surface area contributed by atoms with Gasteiger partial charge in [-0.25, -0.2) is 0 Å². The summed E-state index contributed by atoms with van der Waals surface area (Å²) in [6.45, 7) is 2.61. The van der Waals surface area contributed by atoms with Crippen molar-refractivity contribution in [1.82, 2.24) is 9.80 Å². The number of carbonyl (C=O) groups excluding carboxylic acids is 2. The van der Waals surface area contributed by atoms with Crippen LogP contribution in [-0.4, -0.2) is 53.8 Å². The maximum absolute atomic E-state index is 12.6. The maximum atomic E-state index is 12.6. The van der Waals surface area contributed by atoms with Gasteiger partial charge in [0.15, 0.2) is 5.76 Å². The number of fused-ring (bicyclic) bond motifs is 1. The SMILES string of the molecule is O=C1Nc2ccccc2CC[C@H]1N1CCN(C(=O)c2ccco2)CC1. The highest BCUT2D eigenvalue weighted by Crippen LogP contribution is 2.24. The number of rotatable bonds is 2. The van der Waals surface area contributed by atoms with Crippen LogP contribution in [0.15, 0.2) is 47.1 Å². The molecule has 6 nitrogen and oxygen atoms in total. The Labute approximate surface area is 146 Å². The van der Waals surface area contributed by atoms with E-state index in [0.29, 0.717) is 31.9 Å². The summed E-state index contributed by atoms with van der Waals surface area (Å²) in [6, 6.07) is 11.2. The predicted octanol–water partition coefficient (Wildman–Crippen LogP) is 1.99. The van der Waals surface area contributed by atoms with Gasteiger partial charge in [0.05, 0.1) is 12.3 Å². The minimum Gasteiger partial charge on any atom is -0.459 e. The number of hydrogen-bond donors (Lipinski definition) is 1. The van der Waals surface area contributed by atoms with Crippen molar-refractivity contribution in [3.8, 4) is 0 Å². The molecule has 1 N–H and O–H groups in total. The van der Waals surface area contributed by atoms with Gasteiger partial charge in [-0.2, -0.15) is 0 Å². The highest BCUT2D eigenvalue weighted by atomic mass is 16.3. The Morgan fingerprint density at radius 2 is 1.88 bits per heavy atom. The van der Waals surface area contributed by atoms with E-state index in [1.807, 2.05) is 18.2 Å². The van der Waals surface area contributed by atoms with E-state index in [4.69, 9.17) is 4.42 Å². The molecule has 2 amide bonds. The summed E-state index contributed by atoms with van der Waals surface area (Å²) in [6.07, 6.45) is 3.19. The molecule has 0 aliphatic carbocycles. The molecule has 0 spiro atoms. The first kappa shape index (κ1) is 15.9. The normalized spacial score (nSPS) is 21.4. The molecule has 0 bridgehead atoms. The molecule has 0 radical (unpaired) electrons. The summed E-state index contributed by atoms with van der Waals surface area (Å²) in [5, 5.41) is 3.05. The van der Waals surface area contributed by atoms with Crippen LogP contribution in [0.3, 0.4) is 0 Å². The zero-order valence-corrected chi connectivity index (χ0v) is 14.0. The van der Waals surface area contributed by atoms with Crippen LogP contribution in [0.2, 0.25) is 0 Å². The van der Waals surface area contributed by atoms with E-state index >= 15 is 0 Å². The Bertz CT molecular complexity index is 764. The molecule has 25 heavy (non-hydrogen) atoms. The summed E-state index contributed by atoms with van der Waals surface area (Å²) >= 11 is 0. The third kappa shape index (κ3) is 3.17. The van der Waals surface area contributed by atoms with Crippen molar-refractivity contribution < 1.29 is 14.0 Å². The van der Waals surface area contributed by atoms with E-state index in [-0.39, 0.29) is 17.9 Å². The van der Waals surface area contributed by atoms with Crippen molar-refractivity contribution in [2.75, 3.05) is 31.5 Å². The molecular weight excluding hydrogens is 318 g/mol. The number of nitrogens with zero attached hydrogens (tertiary/aromatic N) is 2. The Balaban J connectivity index is 1.39. The number of amides is 2. The molecular formula is C19H21N3O3. The number of aryl methyl sites for hydroxylation is 1. The van der Waals surface area contributed by atoms with Crippen LogP contribution in [0, 0.1) is 0 Å². The predicted molar refractivity (Wildman–Crippen MR) is 93.4 cm³/mol. The van der Waals surface area contributed by atoms with Gasteiger partial charge >= 0.3 is 0 Å². The second kappa shape index (κ2) is 6.72. The van der Waals surface area contributed by atoms with Gasteiger partial charge in [0.1, 0.15) is 0 Å². The van der Waals surface area contributed by atoms with Crippen LogP contribution >= 0.6 is 0 Å². The Morgan fingerprint density at radius 3 is 2.64 bits per heavy atom. The van der Waals surface area contributed by atoms with Gasteiger partial charge in [0.2, 0.25) is 5.91 Å². The molecule has 3 heterocycles. The van der Waals surface area contributed by atoms with Crippen LogP contribution < -0.4 is 5.32 Å². The fraction of sp³-hybridized carbons (Fsp3) is 0.368. The molecule has 2 aliphatic rings. The molecule has 6 heteroatoms. The second-order valence-electron chi connectivity index (χ2n) is 6.51. The summed E-state index contributed by atoms with van der Waals surface area (Å²) in [4.78, 5) is 29.0. The van der Waals surface area contributed by atoms with Gasteiger partial charge in [-0.1, -0.05) is 18.2 Å². The van der Waals surface area contributed by atoms with Gasteiger partial charge in [-0.3, -0.25) is 14.5 Å². The first-order chi connectivity index (χ1) is 12.2. The zero-order valence-electron chi connectivity index (χ0n) is 14.0. The van der Waals surface area contributed by atoms with E-state index in [0.717, 1.165) is 18.5 Å². The van der Waals surface area contributed by atoms with Gasteiger partial charge < -0.3 is 14.6 Å². The van der Waals surface area contributed by atoms with E-state index in [9.17, 15) is 9.59 Å². The highest BCUT2D eigenvalue weighted by molar-refractivity contribution is 5.96. The van der Waals surface area contributed by atoms with Crippen LogP contribution in [0.25, 0.3) is 0 Å². The van der Waals surface area contributed by atoms with Gasteiger partial charge in [0, 0.05) is 31.9 Å². The number of piperazine rings is 1. The van der Waals surface area contributed by atoms with Crippen molar-refractivity contribution in [3.05, 3.63) is 54.0 Å². The van der Waals surface area contributed by atoms with Crippen molar-refractivity contribution >= 4 is 17.5 Å². The standard InChI is InChI=1S/C19H21N3O3/c23-18-16(8-7-14-4-1-2-5-15(14)20-18)21-9-11-22(12-10-21)19(24)17-6-3-13-25-17/h1-6,13,16H,7-12H2,(H,20,23)/t16-/m1/s1. The lowest BCUT2D eigenvalue weighted by atomic mass is 10.0. The summed E-state index contributed by atoms with van der Waals surface area (Å²) < 4.78 is 5.19. The smallest absolute Gasteiger partial charge is 0.289 e. The lowest BCUT2D eigenvalue weighted by molar-refractivity contribution is -0.122. The lowest BCUT2D eigenvalue weighted by Crippen LogP contribution is -2.54. The number of para-hydroxylation sites is 1. The number of hydrogen-bond acceptors (Lipinski definition) is 4. The number of benzene rings is 1. The van der Waals surface area contributed by atoms with Crippen LogP contribution in [-0.2, 0) is 11.2 Å². The molecule has 1 saturated heterocycles. The summed E-state index contributed by atoms with van der Waals surface area (Å²) in [5.41, 5.74) is 2.10. The van der Waals surface area contributed by atoms with E-state index in [1.54, 1.807) is 17.0 Å². The molecule has 4 rings (SSSR count). The maximum Gasteiger partial charge on any atom is 0.289 e. The fourth-order valence-electron chi connectivity index (χ4n) is 3.64. The minimum atomic E-state index is -0.145. The second-order valence-corrected chi connectivity index (χ2v) is 6.51. The highest BCUT2D eigenvalue weighted by Gasteiger charge is 2.32. The van der Waals surface area contributed by atoms with Crippen LogP contribution in [0.4, 0.5) is 5.69 Å². The largest absolute Gasteiger partial charge is 0.459 e. The van der Waals surface area contributed by atoms with E-state index < -0.39 is 0 Å². The topological polar surface area (TPSA) is 65.8 Å². The Morgan fingerprint density at radius 1 is 1.08 bits per heavy atom. The average molecular weight is 339 g/mol. The van der Waals surface area contributed by atoms with Crippen molar-refractivity contribution in [2.45, 2.75) is 18.9 Å². The van der Waals surface area contributed by atoms with E-state index in [1.165, 1.54) is 11.8 Å². The Hall–Kier alpha value is -2.60. The third-order valence-corrected chi connectivity index (χ3v) is 5.04. The van der Waals surface area contributed by atoms with Crippen LogP contribution in [0.5, 0.6) is 0 Å².